The fourth-order valence-electron chi connectivity index (χ4n) is 2.90. The highest BCUT2D eigenvalue weighted by atomic mass is 127. The largest absolute Gasteiger partial charge is 0.357 e. The van der Waals surface area contributed by atoms with Crippen LogP contribution < -0.4 is 5.32 Å². The van der Waals surface area contributed by atoms with Crippen LogP contribution in [0, 0.1) is 6.92 Å². The Labute approximate surface area is 178 Å². The molecule has 1 aromatic heterocycles. The van der Waals surface area contributed by atoms with Gasteiger partial charge in [0.1, 0.15) is 5.82 Å². The molecule has 5 nitrogen and oxygen atoms in total. The number of aromatic amines is 1. The predicted molar refractivity (Wildman–Crippen MR) is 124 cm³/mol. The molecule has 0 spiro atoms. The quantitative estimate of drug-likeness (QED) is 0.319. The van der Waals surface area contributed by atoms with E-state index in [9.17, 15) is 0 Å². The van der Waals surface area contributed by atoms with E-state index in [2.05, 4.69) is 71.4 Å². The number of imidazole rings is 1. The minimum absolute atomic E-state index is 0. The van der Waals surface area contributed by atoms with Gasteiger partial charge in [-0.05, 0) is 31.5 Å². The van der Waals surface area contributed by atoms with Gasteiger partial charge in [0.05, 0.1) is 11.0 Å². The zero-order chi connectivity index (χ0) is 18.4. The number of H-pyrrole nitrogens is 1. The first kappa shape index (κ1) is 21.2. The summed E-state index contributed by atoms with van der Waals surface area (Å²) in [6.07, 6.45) is 0.794. The molecule has 0 fully saturated rings. The maximum absolute atomic E-state index is 4.76. The van der Waals surface area contributed by atoms with Gasteiger partial charge < -0.3 is 15.2 Å². The summed E-state index contributed by atoms with van der Waals surface area (Å²) in [6.45, 7) is 6.57. The van der Waals surface area contributed by atoms with E-state index in [1.807, 2.05) is 18.2 Å². The van der Waals surface area contributed by atoms with Gasteiger partial charge in [0.15, 0.2) is 5.96 Å². The first-order valence-electron chi connectivity index (χ1n) is 9.14. The second-order valence-corrected chi connectivity index (χ2v) is 6.53. The molecular formula is C21H28IN5. The molecule has 0 aliphatic rings. The number of aromatic nitrogens is 2. The molecule has 27 heavy (non-hydrogen) atoms. The molecule has 2 aromatic carbocycles. The summed E-state index contributed by atoms with van der Waals surface area (Å²) in [5, 5.41) is 3.37. The van der Waals surface area contributed by atoms with Crippen molar-refractivity contribution in [2.75, 3.05) is 20.1 Å². The van der Waals surface area contributed by atoms with Gasteiger partial charge in [0.25, 0.3) is 0 Å². The van der Waals surface area contributed by atoms with Gasteiger partial charge in [-0.3, -0.25) is 4.99 Å². The molecule has 2 N–H and O–H groups in total. The summed E-state index contributed by atoms with van der Waals surface area (Å²) in [7, 11) is 2.07. The Balaban J connectivity index is 0.00000261. The third-order valence-corrected chi connectivity index (χ3v) is 4.29. The third kappa shape index (κ3) is 5.95. The number of fused-ring (bicyclic) bond motifs is 1. The molecule has 0 bridgehead atoms. The van der Waals surface area contributed by atoms with Gasteiger partial charge in [-0.1, -0.05) is 42.0 Å². The van der Waals surface area contributed by atoms with Crippen LogP contribution >= 0.6 is 24.0 Å². The molecule has 0 aliphatic carbocycles. The maximum Gasteiger partial charge on any atom is 0.193 e. The summed E-state index contributed by atoms with van der Waals surface area (Å²) in [5.74, 6) is 1.90. The number of rotatable bonds is 6. The second-order valence-electron chi connectivity index (χ2n) is 6.53. The smallest absolute Gasteiger partial charge is 0.193 e. The van der Waals surface area contributed by atoms with Gasteiger partial charge >= 0.3 is 0 Å². The highest BCUT2D eigenvalue weighted by molar-refractivity contribution is 14.0. The number of halogens is 1. The molecule has 3 aromatic rings. The Hall–Kier alpha value is -2.09. The SMILES string of the molecule is CCNC(=NCCc1nc2ccccc2[nH]1)N(C)Cc1ccc(C)cc1.I. The zero-order valence-electron chi connectivity index (χ0n) is 16.2. The van der Waals surface area contributed by atoms with Crippen LogP contribution in [-0.2, 0) is 13.0 Å². The summed E-state index contributed by atoms with van der Waals surface area (Å²) < 4.78 is 0. The van der Waals surface area contributed by atoms with E-state index in [0.29, 0.717) is 6.54 Å². The lowest BCUT2D eigenvalue weighted by atomic mass is 10.1. The van der Waals surface area contributed by atoms with Crippen molar-refractivity contribution in [1.29, 1.82) is 0 Å². The minimum atomic E-state index is 0. The normalized spacial score (nSPS) is 11.3. The van der Waals surface area contributed by atoms with Crippen molar-refractivity contribution < 1.29 is 0 Å². The summed E-state index contributed by atoms with van der Waals surface area (Å²) in [5.41, 5.74) is 4.65. The lowest BCUT2D eigenvalue weighted by molar-refractivity contribution is 0.477. The van der Waals surface area contributed by atoms with Crippen LogP contribution in [0.25, 0.3) is 11.0 Å². The number of guanidine groups is 1. The highest BCUT2D eigenvalue weighted by Gasteiger charge is 2.07. The topological polar surface area (TPSA) is 56.3 Å². The standard InChI is InChI=1S/C21H27N5.HI/c1-4-22-21(26(3)15-17-11-9-16(2)10-12-17)23-14-13-20-24-18-7-5-6-8-19(18)25-20;/h5-12H,4,13-15H2,1-3H3,(H,22,23)(H,24,25);1H. The van der Waals surface area contributed by atoms with Crippen molar-refractivity contribution in [3.63, 3.8) is 0 Å². The number of para-hydroxylation sites is 2. The van der Waals surface area contributed by atoms with E-state index < -0.39 is 0 Å². The fraction of sp³-hybridized carbons (Fsp3) is 0.333. The molecule has 6 heteroatoms. The highest BCUT2D eigenvalue weighted by Crippen LogP contribution is 2.11. The van der Waals surface area contributed by atoms with E-state index in [1.165, 1.54) is 11.1 Å². The predicted octanol–water partition coefficient (Wildman–Crippen LogP) is 4.13. The van der Waals surface area contributed by atoms with E-state index in [0.717, 1.165) is 42.3 Å². The number of hydrogen-bond acceptors (Lipinski definition) is 2. The van der Waals surface area contributed by atoms with Crippen LogP contribution in [0.4, 0.5) is 0 Å². The van der Waals surface area contributed by atoms with Crippen LogP contribution in [0.1, 0.15) is 23.9 Å². The van der Waals surface area contributed by atoms with Gasteiger partial charge in [-0.2, -0.15) is 0 Å². The molecule has 0 aliphatic heterocycles. The zero-order valence-corrected chi connectivity index (χ0v) is 18.5. The lowest BCUT2D eigenvalue weighted by Crippen LogP contribution is -2.38. The van der Waals surface area contributed by atoms with Crippen molar-refractivity contribution >= 4 is 41.0 Å². The van der Waals surface area contributed by atoms with Gasteiger partial charge in [0.2, 0.25) is 0 Å². The number of aliphatic imine (C=N–C) groups is 1. The average molecular weight is 477 g/mol. The van der Waals surface area contributed by atoms with Crippen molar-refractivity contribution in [3.8, 4) is 0 Å². The number of nitrogens with zero attached hydrogens (tertiary/aromatic N) is 3. The summed E-state index contributed by atoms with van der Waals surface area (Å²) >= 11 is 0. The van der Waals surface area contributed by atoms with Crippen LogP contribution in [0.3, 0.4) is 0 Å². The Morgan fingerprint density at radius 3 is 2.59 bits per heavy atom. The first-order valence-corrected chi connectivity index (χ1v) is 9.14. The Bertz CT molecular complexity index is 837. The van der Waals surface area contributed by atoms with Crippen molar-refractivity contribution in [2.45, 2.75) is 26.8 Å². The molecule has 0 unspecified atom stereocenters. The monoisotopic (exact) mass is 477 g/mol. The van der Waals surface area contributed by atoms with Crippen molar-refractivity contribution in [3.05, 3.63) is 65.5 Å². The van der Waals surface area contributed by atoms with E-state index in [4.69, 9.17) is 4.99 Å². The molecule has 0 amide bonds. The molecular weight excluding hydrogens is 449 g/mol. The van der Waals surface area contributed by atoms with Crippen molar-refractivity contribution in [1.82, 2.24) is 20.2 Å². The number of hydrogen-bond donors (Lipinski definition) is 2. The average Bonchev–Trinajstić information content (AvgIpc) is 3.05. The number of nitrogens with one attached hydrogen (secondary N) is 2. The van der Waals surface area contributed by atoms with Gasteiger partial charge in [-0.25, -0.2) is 4.98 Å². The van der Waals surface area contributed by atoms with Gasteiger partial charge in [-0.15, -0.1) is 24.0 Å². The molecule has 0 saturated heterocycles. The first-order chi connectivity index (χ1) is 12.7. The fourth-order valence-corrected chi connectivity index (χ4v) is 2.90. The third-order valence-electron chi connectivity index (χ3n) is 4.29. The maximum atomic E-state index is 4.76. The van der Waals surface area contributed by atoms with Crippen LogP contribution in [0.5, 0.6) is 0 Å². The van der Waals surface area contributed by atoms with E-state index in [1.54, 1.807) is 0 Å². The van der Waals surface area contributed by atoms with Crippen LogP contribution in [-0.4, -0.2) is 41.0 Å². The van der Waals surface area contributed by atoms with E-state index in [-0.39, 0.29) is 24.0 Å². The number of aryl methyl sites for hydroxylation is 1. The van der Waals surface area contributed by atoms with Crippen molar-refractivity contribution in [2.24, 2.45) is 4.99 Å². The number of benzene rings is 2. The second kappa shape index (κ2) is 10.3. The van der Waals surface area contributed by atoms with Gasteiger partial charge in [0, 0.05) is 33.1 Å². The molecule has 0 radical (unpaired) electrons. The van der Waals surface area contributed by atoms with E-state index >= 15 is 0 Å². The molecule has 0 atom stereocenters. The summed E-state index contributed by atoms with van der Waals surface area (Å²) in [6, 6.07) is 16.7. The Kier molecular flexibility index (Phi) is 8.09. The Morgan fingerprint density at radius 1 is 1.15 bits per heavy atom. The molecule has 3 rings (SSSR count). The van der Waals surface area contributed by atoms with Crippen LogP contribution in [0.15, 0.2) is 53.5 Å². The lowest BCUT2D eigenvalue weighted by Gasteiger charge is -2.22. The van der Waals surface area contributed by atoms with Crippen LogP contribution in [0.2, 0.25) is 0 Å². The molecule has 1 heterocycles. The minimum Gasteiger partial charge on any atom is -0.357 e. The Morgan fingerprint density at radius 2 is 1.89 bits per heavy atom. The molecule has 0 saturated carbocycles. The molecule has 144 valence electrons. The summed E-state index contributed by atoms with van der Waals surface area (Å²) in [4.78, 5) is 14.9.